The van der Waals surface area contributed by atoms with Crippen LogP contribution in [0, 0.1) is 0 Å². The molecular formula is C50H93NO9P+. The van der Waals surface area contributed by atoms with Crippen LogP contribution < -0.4 is 0 Å². The van der Waals surface area contributed by atoms with Gasteiger partial charge in [-0.25, -0.2) is 4.57 Å². The molecule has 0 aliphatic carbocycles. The zero-order chi connectivity index (χ0) is 45.1. The summed E-state index contributed by atoms with van der Waals surface area (Å²) >= 11 is 0. The highest BCUT2D eigenvalue weighted by atomic mass is 31.2. The number of aliphatic hydroxyl groups is 1. The highest BCUT2D eigenvalue weighted by Crippen LogP contribution is 2.43. The number of phosphoric acid groups is 1. The van der Waals surface area contributed by atoms with Gasteiger partial charge >= 0.3 is 19.8 Å². The van der Waals surface area contributed by atoms with Gasteiger partial charge < -0.3 is 24.0 Å². The van der Waals surface area contributed by atoms with Gasteiger partial charge in [-0.1, -0.05) is 172 Å². The van der Waals surface area contributed by atoms with E-state index in [0.717, 1.165) is 57.8 Å². The standard InChI is InChI=1S/C50H92NO9P/c1-6-8-10-11-12-13-14-15-16-17-18-19-20-21-22-23-24-27-31-34-38-42-50(54)60-48(46-59-61(55,56)58-44-43-51(3,4)5)45-57-49(53)41-37-33-30-28-25-26-29-32-36-40-47(52)39-35-9-7-2/h9,15-16,29,32,35-36,40,47-48,52H,6-8,10-14,17-28,30-31,33-34,37-39,41-46H2,1-5H3/p+1/b16-15-,32-29+,35-9+,40-36+/t47?,48-/m1/s1. The molecule has 61 heavy (non-hydrogen) atoms. The van der Waals surface area contributed by atoms with Gasteiger partial charge in [0, 0.05) is 12.8 Å². The normalized spacial score (nSPS) is 14.4. The minimum atomic E-state index is -4.40. The molecule has 0 aromatic carbocycles. The van der Waals surface area contributed by atoms with Gasteiger partial charge in [0.15, 0.2) is 6.10 Å². The van der Waals surface area contributed by atoms with Crippen molar-refractivity contribution in [1.29, 1.82) is 0 Å². The summed E-state index contributed by atoms with van der Waals surface area (Å²) in [6, 6.07) is 0. The Morgan fingerprint density at radius 1 is 0.590 bits per heavy atom. The number of aliphatic hydroxyl groups excluding tert-OH is 1. The molecule has 0 aliphatic rings. The van der Waals surface area contributed by atoms with Crippen molar-refractivity contribution < 1.29 is 47.2 Å². The number of esters is 2. The summed E-state index contributed by atoms with van der Waals surface area (Å²) in [5.41, 5.74) is 0. The Morgan fingerprint density at radius 3 is 1.61 bits per heavy atom. The molecule has 0 aromatic heterocycles. The first-order valence-electron chi connectivity index (χ1n) is 24.5. The summed E-state index contributed by atoms with van der Waals surface area (Å²) in [7, 11) is 1.43. The van der Waals surface area contributed by atoms with Gasteiger partial charge in [-0.15, -0.1) is 0 Å². The first kappa shape index (κ1) is 58.9. The number of unbranched alkanes of at least 4 members (excludes halogenated alkanes) is 22. The molecule has 0 saturated carbocycles. The lowest BCUT2D eigenvalue weighted by Gasteiger charge is -2.24. The van der Waals surface area contributed by atoms with Crippen LogP contribution in [0.3, 0.4) is 0 Å². The zero-order valence-corrected chi connectivity index (χ0v) is 40.6. The summed E-state index contributed by atoms with van der Waals surface area (Å²) in [6.07, 6.45) is 46.3. The summed E-state index contributed by atoms with van der Waals surface area (Å²) in [6.45, 7) is 4.18. The number of carbonyl (C=O) groups is 2. The van der Waals surface area contributed by atoms with Crippen LogP contribution in [0.2, 0.25) is 0 Å². The zero-order valence-electron chi connectivity index (χ0n) is 39.8. The van der Waals surface area contributed by atoms with Crippen molar-refractivity contribution in [3.8, 4) is 0 Å². The molecule has 2 unspecified atom stereocenters. The Hall–Kier alpha value is -2.07. The van der Waals surface area contributed by atoms with Crippen molar-refractivity contribution in [2.24, 2.45) is 0 Å². The van der Waals surface area contributed by atoms with Crippen LogP contribution in [0.15, 0.2) is 48.6 Å². The third-order valence-electron chi connectivity index (χ3n) is 10.4. The van der Waals surface area contributed by atoms with Gasteiger partial charge in [0.1, 0.15) is 19.8 Å². The highest BCUT2D eigenvalue weighted by molar-refractivity contribution is 7.47. The van der Waals surface area contributed by atoms with E-state index in [1.165, 1.54) is 96.3 Å². The number of phosphoric ester groups is 1. The lowest BCUT2D eigenvalue weighted by atomic mass is 10.0. The monoisotopic (exact) mass is 883 g/mol. The van der Waals surface area contributed by atoms with E-state index in [2.05, 4.69) is 38.2 Å². The number of carbonyl (C=O) groups excluding carboxylic acids is 2. The molecule has 2 N–H and O–H groups in total. The van der Waals surface area contributed by atoms with Crippen LogP contribution >= 0.6 is 7.82 Å². The van der Waals surface area contributed by atoms with Crippen molar-refractivity contribution in [2.45, 2.75) is 212 Å². The summed E-state index contributed by atoms with van der Waals surface area (Å²) in [5, 5.41) is 9.89. The van der Waals surface area contributed by atoms with E-state index in [-0.39, 0.29) is 26.1 Å². The molecule has 11 heteroatoms. The Bertz CT molecular complexity index is 1200. The number of nitrogens with zero attached hydrogens (tertiary/aromatic N) is 1. The number of likely N-dealkylation sites (N-methyl/N-ethyl adjacent to an activating group) is 1. The fraction of sp³-hybridized carbons (Fsp3) is 0.800. The van der Waals surface area contributed by atoms with Crippen LogP contribution in [0.25, 0.3) is 0 Å². The average Bonchev–Trinajstić information content (AvgIpc) is 3.21. The lowest BCUT2D eigenvalue weighted by Crippen LogP contribution is -2.37. The van der Waals surface area contributed by atoms with E-state index in [1.54, 1.807) is 6.08 Å². The molecule has 356 valence electrons. The van der Waals surface area contributed by atoms with E-state index in [1.807, 2.05) is 39.4 Å². The first-order chi connectivity index (χ1) is 29.4. The van der Waals surface area contributed by atoms with Gasteiger partial charge in [-0.05, 0) is 64.2 Å². The Kier molecular flexibility index (Phi) is 40.5. The first-order valence-corrected chi connectivity index (χ1v) is 26.0. The molecule has 0 aromatic rings. The molecule has 0 fully saturated rings. The van der Waals surface area contributed by atoms with Gasteiger partial charge in [-0.2, -0.15) is 0 Å². The second-order valence-electron chi connectivity index (χ2n) is 17.7. The predicted molar refractivity (Wildman–Crippen MR) is 253 cm³/mol. The maximum Gasteiger partial charge on any atom is 0.472 e. The van der Waals surface area contributed by atoms with E-state index >= 15 is 0 Å². The predicted octanol–water partition coefficient (Wildman–Crippen LogP) is 13.2. The molecule has 0 radical (unpaired) electrons. The molecule has 10 nitrogen and oxygen atoms in total. The summed E-state index contributed by atoms with van der Waals surface area (Å²) in [4.78, 5) is 35.5. The molecule has 0 rings (SSSR count). The van der Waals surface area contributed by atoms with Crippen molar-refractivity contribution in [3.63, 3.8) is 0 Å². The van der Waals surface area contributed by atoms with E-state index < -0.39 is 38.6 Å². The quantitative estimate of drug-likeness (QED) is 0.0153. The Morgan fingerprint density at radius 2 is 1.08 bits per heavy atom. The molecule has 0 heterocycles. The van der Waals surface area contributed by atoms with Gasteiger partial charge in [0.25, 0.3) is 0 Å². The smallest absolute Gasteiger partial charge is 0.462 e. The van der Waals surface area contributed by atoms with Crippen molar-refractivity contribution in [2.75, 3.05) is 47.5 Å². The molecule has 0 saturated heterocycles. The Balaban J connectivity index is 4.32. The molecule has 0 amide bonds. The minimum absolute atomic E-state index is 0.0185. The van der Waals surface area contributed by atoms with E-state index in [4.69, 9.17) is 18.5 Å². The number of ether oxygens (including phenoxy) is 2. The van der Waals surface area contributed by atoms with E-state index in [9.17, 15) is 24.2 Å². The maximum absolute atomic E-state index is 12.7. The fourth-order valence-corrected chi connectivity index (χ4v) is 7.32. The number of rotatable bonds is 44. The third kappa shape index (κ3) is 45.8. The minimum Gasteiger partial charge on any atom is -0.462 e. The van der Waals surface area contributed by atoms with Crippen molar-refractivity contribution >= 4 is 19.8 Å². The number of allylic oxidation sites excluding steroid dienone is 6. The van der Waals surface area contributed by atoms with Crippen LogP contribution in [0.5, 0.6) is 0 Å². The maximum atomic E-state index is 12.7. The largest absolute Gasteiger partial charge is 0.472 e. The second kappa shape index (κ2) is 41.9. The number of quaternary nitrogens is 1. The lowest BCUT2D eigenvalue weighted by molar-refractivity contribution is -0.870. The highest BCUT2D eigenvalue weighted by Gasteiger charge is 2.27. The second-order valence-corrected chi connectivity index (χ2v) is 19.1. The van der Waals surface area contributed by atoms with Crippen molar-refractivity contribution in [3.05, 3.63) is 48.6 Å². The summed E-state index contributed by atoms with van der Waals surface area (Å²) in [5.74, 6) is -0.851. The third-order valence-corrected chi connectivity index (χ3v) is 11.4. The van der Waals surface area contributed by atoms with Crippen molar-refractivity contribution in [1.82, 2.24) is 0 Å². The van der Waals surface area contributed by atoms with Crippen LogP contribution in [-0.4, -0.2) is 86.1 Å². The molecule has 0 aliphatic heterocycles. The average molecular weight is 883 g/mol. The van der Waals surface area contributed by atoms with Gasteiger partial charge in [0.05, 0.1) is 33.9 Å². The topological polar surface area (TPSA) is 129 Å². The van der Waals surface area contributed by atoms with E-state index in [0.29, 0.717) is 30.3 Å². The van der Waals surface area contributed by atoms with Crippen LogP contribution in [0.1, 0.15) is 200 Å². The SMILES string of the molecule is CC/C=C/CC(O)/C=C/C=C/CCCCCCCC(=O)OC[C@H](COP(=O)(O)OCC[N+](C)(C)C)OC(=O)CCCCCCCCCCCCC/C=C\CCCCCCCC. The molecule has 0 bridgehead atoms. The summed E-state index contributed by atoms with van der Waals surface area (Å²) < 4.78 is 34.3. The number of hydrogen-bond donors (Lipinski definition) is 2. The molecule has 0 spiro atoms. The fourth-order valence-electron chi connectivity index (χ4n) is 6.57. The number of hydrogen-bond acceptors (Lipinski definition) is 8. The molecule has 3 atom stereocenters. The van der Waals surface area contributed by atoms with Gasteiger partial charge in [-0.3, -0.25) is 18.6 Å². The van der Waals surface area contributed by atoms with Gasteiger partial charge in [0.2, 0.25) is 0 Å². The Labute approximate surface area is 374 Å². The van der Waals surface area contributed by atoms with Crippen LogP contribution in [-0.2, 0) is 32.7 Å². The van der Waals surface area contributed by atoms with Crippen LogP contribution in [0.4, 0.5) is 0 Å². The molecular weight excluding hydrogens is 790 g/mol.